The van der Waals surface area contributed by atoms with Crippen LogP contribution in [0.5, 0.6) is 0 Å². The van der Waals surface area contributed by atoms with Crippen molar-refractivity contribution in [2.45, 2.75) is 27.7 Å². The summed E-state index contributed by atoms with van der Waals surface area (Å²) in [6.07, 6.45) is 0. The molecule has 0 heterocycles. The molecule has 0 saturated carbocycles. The second-order valence-corrected chi connectivity index (χ2v) is 2.76. The van der Waals surface area contributed by atoms with E-state index < -0.39 is 0 Å². The number of amides is 1. The lowest BCUT2D eigenvalue weighted by Gasteiger charge is -2.06. The maximum absolute atomic E-state index is 10.7. The highest BCUT2D eigenvalue weighted by Crippen LogP contribution is 2.11. The van der Waals surface area contributed by atoms with Crippen molar-refractivity contribution >= 4 is 24.9 Å². The Bertz CT molecular complexity index is 315. The molecule has 1 N–H and O–H groups in total. The standard InChI is InChI=1S/C9H10BNO.C2H6.H2/c1-6-5-8(10)3-4-9(6)11-7(2)12;1-2;/h3-5H,1-2H3,(H,11,12);1-2H3;1H. The van der Waals surface area contributed by atoms with Crippen LogP contribution in [0, 0.1) is 6.92 Å². The van der Waals surface area contributed by atoms with Gasteiger partial charge in [-0.05, 0) is 18.6 Å². The van der Waals surface area contributed by atoms with Crippen molar-refractivity contribution in [1.82, 2.24) is 0 Å². The monoisotopic (exact) mass is 191 g/mol. The third-order valence-corrected chi connectivity index (χ3v) is 1.56. The molecule has 3 heteroatoms. The van der Waals surface area contributed by atoms with Gasteiger partial charge in [0.1, 0.15) is 7.85 Å². The predicted molar refractivity (Wildman–Crippen MR) is 64.3 cm³/mol. The summed E-state index contributed by atoms with van der Waals surface area (Å²) in [5.74, 6) is -0.0668. The van der Waals surface area contributed by atoms with Gasteiger partial charge in [0.05, 0.1) is 0 Å². The smallest absolute Gasteiger partial charge is 0.221 e. The Balaban J connectivity index is 0. The number of rotatable bonds is 1. The number of carbonyl (C=O) groups is 1. The first kappa shape index (κ1) is 12.8. The highest BCUT2D eigenvalue weighted by molar-refractivity contribution is 6.32. The van der Waals surface area contributed by atoms with E-state index in [1.807, 2.05) is 26.8 Å². The van der Waals surface area contributed by atoms with Crippen molar-refractivity contribution in [2.24, 2.45) is 0 Å². The average molecular weight is 191 g/mol. The Hall–Kier alpha value is -1.25. The van der Waals surface area contributed by atoms with Crippen molar-refractivity contribution in [1.29, 1.82) is 0 Å². The van der Waals surface area contributed by atoms with Crippen LogP contribution in [0.25, 0.3) is 0 Å². The minimum absolute atomic E-state index is 0. The number of aryl methyl sites for hydroxylation is 1. The summed E-state index contributed by atoms with van der Waals surface area (Å²) in [4.78, 5) is 10.7. The molecule has 1 aromatic rings. The van der Waals surface area contributed by atoms with Crippen LogP contribution in [0.4, 0.5) is 5.69 Å². The predicted octanol–water partition coefficient (Wildman–Crippen LogP) is 2.02. The fraction of sp³-hybridized carbons (Fsp3) is 0.364. The number of hydrogen-bond donors (Lipinski definition) is 1. The third kappa shape index (κ3) is 4.12. The first-order valence-corrected chi connectivity index (χ1v) is 4.73. The van der Waals surface area contributed by atoms with Crippen molar-refractivity contribution in [3.8, 4) is 0 Å². The summed E-state index contributed by atoms with van der Waals surface area (Å²) < 4.78 is 0. The number of hydrogen-bond acceptors (Lipinski definition) is 1. The summed E-state index contributed by atoms with van der Waals surface area (Å²) in [6.45, 7) is 7.39. The van der Waals surface area contributed by atoms with Crippen LogP contribution in [-0.4, -0.2) is 13.8 Å². The van der Waals surface area contributed by atoms with Crippen molar-refractivity contribution in [3.05, 3.63) is 23.8 Å². The lowest BCUT2D eigenvalue weighted by atomic mass is 9.94. The van der Waals surface area contributed by atoms with Crippen LogP contribution in [0.2, 0.25) is 0 Å². The van der Waals surface area contributed by atoms with E-state index >= 15 is 0 Å². The summed E-state index contributed by atoms with van der Waals surface area (Å²) in [5, 5.41) is 2.71. The molecule has 0 unspecified atom stereocenters. The quantitative estimate of drug-likeness (QED) is 0.676. The number of nitrogens with one attached hydrogen (secondary N) is 1. The summed E-state index contributed by atoms with van der Waals surface area (Å²) in [5.41, 5.74) is 2.50. The SMILES string of the molecule is CC.[B]c1ccc(NC(C)=O)c(C)c1.[HH]. The molecule has 0 aromatic heterocycles. The molecule has 0 aliphatic rings. The molecule has 1 rings (SSSR count). The molecular weight excluding hydrogens is 173 g/mol. The molecular formula is C11H18BNO. The zero-order valence-corrected chi connectivity index (χ0v) is 9.22. The van der Waals surface area contributed by atoms with E-state index in [0.29, 0.717) is 5.46 Å². The maximum atomic E-state index is 10.7. The van der Waals surface area contributed by atoms with Gasteiger partial charge in [-0.3, -0.25) is 4.79 Å². The number of carbonyl (C=O) groups excluding carboxylic acids is 1. The van der Waals surface area contributed by atoms with Gasteiger partial charge < -0.3 is 5.32 Å². The maximum Gasteiger partial charge on any atom is 0.221 e. The minimum atomic E-state index is -0.0668. The first-order chi connectivity index (χ1) is 6.59. The van der Waals surface area contributed by atoms with Gasteiger partial charge in [0.25, 0.3) is 0 Å². The molecule has 14 heavy (non-hydrogen) atoms. The fourth-order valence-corrected chi connectivity index (χ4v) is 1.02. The van der Waals surface area contributed by atoms with Crippen LogP contribution >= 0.6 is 0 Å². The lowest BCUT2D eigenvalue weighted by molar-refractivity contribution is -0.114. The molecule has 0 atom stereocenters. The van der Waals surface area contributed by atoms with Crippen molar-refractivity contribution in [2.75, 3.05) is 5.32 Å². The normalized spacial score (nSPS) is 8.57. The van der Waals surface area contributed by atoms with E-state index in [1.165, 1.54) is 6.92 Å². The fourth-order valence-electron chi connectivity index (χ4n) is 1.02. The Kier molecular flexibility index (Phi) is 5.69. The second-order valence-electron chi connectivity index (χ2n) is 2.76. The zero-order valence-electron chi connectivity index (χ0n) is 9.22. The molecule has 1 amide bonds. The summed E-state index contributed by atoms with van der Waals surface area (Å²) >= 11 is 0. The van der Waals surface area contributed by atoms with Crippen LogP contribution in [0.1, 0.15) is 27.8 Å². The number of benzene rings is 1. The van der Waals surface area contributed by atoms with Crippen molar-refractivity contribution < 1.29 is 6.22 Å². The van der Waals surface area contributed by atoms with Crippen molar-refractivity contribution in [3.63, 3.8) is 0 Å². The van der Waals surface area contributed by atoms with Gasteiger partial charge in [0, 0.05) is 14.0 Å². The van der Waals surface area contributed by atoms with Gasteiger partial charge in [-0.1, -0.05) is 31.4 Å². The Morgan fingerprint density at radius 2 is 2.00 bits per heavy atom. The van der Waals surface area contributed by atoms with E-state index in [2.05, 4.69) is 5.32 Å². The van der Waals surface area contributed by atoms with E-state index in [4.69, 9.17) is 7.85 Å². The highest BCUT2D eigenvalue weighted by atomic mass is 16.1. The molecule has 0 saturated heterocycles. The van der Waals surface area contributed by atoms with Gasteiger partial charge >= 0.3 is 0 Å². The van der Waals surface area contributed by atoms with Gasteiger partial charge in [0.15, 0.2) is 0 Å². The van der Waals surface area contributed by atoms with Gasteiger partial charge in [0.2, 0.25) is 5.91 Å². The largest absolute Gasteiger partial charge is 0.326 e. The Labute approximate surface area is 88.6 Å². The highest BCUT2D eigenvalue weighted by Gasteiger charge is 1.98. The zero-order chi connectivity index (χ0) is 11.1. The molecule has 1 aromatic carbocycles. The first-order valence-electron chi connectivity index (χ1n) is 4.73. The molecule has 0 aliphatic carbocycles. The lowest BCUT2D eigenvalue weighted by Crippen LogP contribution is -2.10. The topological polar surface area (TPSA) is 29.1 Å². The Morgan fingerprint density at radius 1 is 1.43 bits per heavy atom. The molecule has 76 valence electrons. The average Bonchev–Trinajstić information content (AvgIpc) is 2.13. The molecule has 0 fully saturated rings. The molecule has 2 radical (unpaired) electrons. The Morgan fingerprint density at radius 3 is 2.43 bits per heavy atom. The minimum Gasteiger partial charge on any atom is -0.326 e. The molecule has 0 bridgehead atoms. The van der Waals surface area contributed by atoms with Gasteiger partial charge in [-0.15, -0.1) is 0 Å². The number of anilines is 1. The van der Waals surface area contributed by atoms with Gasteiger partial charge in [-0.25, -0.2) is 0 Å². The summed E-state index contributed by atoms with van der Waals surface area (Å²) in [6, 6.07) is 5.38. The van der Waals surface area contributed by atoms with E-state index in [0.717, 1.165) is 11.3 Å². The summed E-state index contributed by atoms with van der Waals surface area (Å²) in [7, 11) is 5.55. The van der Waals surface area contributed by atoms with E-state index in [9.17, 15) is 4.79 Å². The van der Waals surface area contributed by atoms with E-state index in [-0.39, 0.29) is 7.33 Å². The van der Waals surface area contributed by atoms with Gasteiger partial charge in [-0.2, -0.15) is 0 Å². The second kappa shape index (κ2) is 6.25. The van der Waals surface area contributed by atoms with Crippen LogP contribution in [0.3, 0.4) is 0 Å². The van der Waals surface area contributed by atoms with Crippen LogP contribution < -0.4 is 10.8 Å². The third-order valence-electron chi connectivity index (χ3n) is 1.56. The van der Waals surface area contributed by atoms with E-state index in [1.54, 1.807) is 12.1 Å². The van der Waals surface area contributed by atoms with Crippen LogP contribution in [0.15, 0.2) is 18.2 Å². The molecule has 2 nitrogen and oxygen atoms in total. The molecule has 0 spiro atoms. The molecule has 0 aliphatic heterocycles. The van der Waals surface area contributed by atoms with Crippen LogP contribution in [-0.2, 0) is 4.79 Å².